The van der Waals surface area contributed by atoms with Crippen molar-refractivity contribution in [3.63, 3.8) is 0 Å². The summed E-state index contributed by atoms with van der Waals surface area (Å²) in [6.45, 7) is -0.363. The van der Waals surface area contributed by atoms with Crippen molar-refractivity contribution < 1.29 is 20.1 Å². The molecule has 1 aliphatic heterocycles. The van der Waals surface area contributed by atoms with E-state index in [0.29, 0.717) is 5.65 Å². The van der Waals surface area contributed by atoms with Crippen LogP contribution in [0.4, 0.5) is 0 Å². The normalized spacial score (nSPS) is 26.4. The molecular weight excluding hydrogens is 342 g/mol. The Morgan fingerprint density at radius 3 is 2.60 bits per heavy atom. The second kappa shape index (κ2) is 6.74. The van der Waals surface area contributed by atoms with Gasteiger partial charge >= 0.3 is 0 Å². The summed E-state index contributed by atoms with van der Waals surface area (Å²) in [5.74, 6) is 0. The minimum Gasteiger partial charge on any atom is -0.394 e. The number of hydrogen-bond acceptors (Lipinski definition) is 7. The van der Waals surface area contributed by atoms with Gasteiger partial charge in [-0.05, 0) is 18.2 Å². The maximum atomic E-state index is 10.2. The van der Waals surface area contributed by atoms with Gasteiger partial charge in [-0.15, -0.1) is 0 Å². The van der Waals surface area contributed by atoms with Crippen LogP contribution in [0.15, 0.2) is 58.8 Å². The molecule has 0 aliphatic carbocycles. The van der Waals surface area contributed by atoms with Crippen LogP contribution in [0.25, 0.3) is 11.0 Å². The average molecular weight is 359 g/mol. The van der Waals surface area contributed by atoms with Crippen LogP contribution in [0.3, 0.4) is 0 Å². The fourth-order valence-corrected chi connectivity index (χ4v) is 3.83. The van der Waals surface area contributed by atoms with E-state index in [1.807, 2.05) is 36.4 Å². The first-order valence-electron chi connectivity index (χ1n) is 7.86. The lowest BCUT2D eigenvalue weighted by atomic mass is 10.1. The standard InChI is InChI=1S/C17H17N3O4S/c21-8-12-13(22)14(23)17(24-12)20-7-6-11-15(20)18-9-19-16(11)25-10-4-2-1-3-5-10/h1-7,9,12-14,17,21-23H,8H2/t12-,13-,14-,17-/m1/s1. The molecule has 2 aromatic heterocycles. The first-order chi connectivity index (χ1) is 12.2. The van der Waals surface area contributed by atoms with Gasteiger partial charge in [0.25, 0.3) is 0 Å². The number of ether oxygens (including phenoxy) is 1. The van der Waals surface area contributed by atoms with Crippen molar-refractivity contribution in [1.29, 1.82) is 0 Å². The smallest absolute Gasteiger partial charge is 0.164 e. The Bertz CT molecular complexity index is 873. The summed E-state index contributed by atoms with van der Waals surface area (Å²) in [4.78, 5) is 9.71. The first-order valence-corrected chi connectivity index (χ1v) is 8.67. The Morgan fingerprint density at radius 2 is 1.88 bits per heavy atom. The number of aliphatic hydroxyl groups excluding tert-OH is 3. The van der Waals surface area contributed by atoms with Crippen LogP contribution in [0, 0.1) is 0 Å². The highest BCUT2D eigenvalue weighted by Gasteiger charge is 2.43. The molecule has 3 aromatic rings. The second-order valence-corrected chi connectivity index (χ2v) is 6.85. The van der Waals surface area contributed by atoms with E-state index in [9.17, 15) is 15.3 Å². The van der Waals surface area contributed by atoms with Crippen LogP contribution in [0.5, 0.6) is 0 Å². The summed E-state index contributed by atoms with van der Waals surface area (Å²) < 4.78 is 7.25. The van der Waals surface area contributed by atoms with E-state index in [1.165, 1.54) is 18.1 Å². The largest absolute Gasteiger partial charge is 0.394 e. The quantitative estimate of drug-likeness (QED) is 0.602. The van der Waals surface area contributed by atoms with Crippen LogP contribution in [0.2, 0.25) is 0 Å². The minimum atomic E-state index is -1.15. The van der Waals surface area contributed by atoms with E-state index in [-0.39, 0.29) is 6.61 Å². The van der Waals surface area contributed by atoms with E-state index in [1.54, 1.807) is 10.8 Å². The maximum absolute atomic E-state index is 10.2. The Balaban J connectivity index is 1.70. The predicted molar refractivity (Wildman–Crippen MR) is 91.1 cm³/mol. The van der Waals surface area contributed by atoms with Gasteiger partial charge in [0.15, 0.2) is 6.23 Å². The summed E-state index contributed by atoms with van der Waals surface area (Å²) in [6, 6.07) is 11.7. The molecule has 1 aromatic carbocycles. The molecule has 3 heterocycles. The van der Waals surface area contributed by atoms with Gasteiger partial charge in [-0.1, -0.05) is 30.0 Å². The third kappa shape index (κ3) is 2.92. The predicted octanol–water partition coefficient (Wildman–Crippen LogP) is 1.19. The van der Waals surface area contributed by atoms with Crippen LogP contribution < -0.4 is 0 Å². The number of hydrogen-bond donors (Lipinski definition) is 3. The van der Waals surface area contributed by atoms with Gasteiger partial charge in [0.1, 0.15) is 35.3 Å². The van der Waals surface area contributed by atoms with E-state index >= 15 is 0 Å². The van der Waals surface area contributed by atoms with Crippen molar-refractivity contribution in [2.45, 2.75) is 34.5 Å². The highest BCUT2D eigenvalue weighted by atomic mass is 32.2. The topological polar surface area (TPSA) is 101 Å². The number of nitrogens with zero attached hydrogens (tertiary/aromatic N) is 3. The highest BCUT2D eigenvalue weighted by molar-refractivity contribution is 7.99. The summed E-state index contributed by atoms with van der Waals surface area (Å²) in [7, 11) is 0. The molecule has 7 nitrogen and oxygen atoms in total. The number of benzene rings is 1. The Labute approximate surface area is 147 Å². The van der Waals surface area contributed by atoms with Crippen molar-refractivity contribution in [2.75, 3.05) is 6.61 Å². The fourth-order valence-electron chi connectivity index (χ4n) is 2.94. The number of aromatic nitrogens is 3. The molecule has 1 fully saturated rings. The lowest BCUT2D eigenvalue weighted by Crippen LogP contribution is -2.33. The molecule has 25 heavy (non-hydrogen) atoms. The van der Waals surface area contributed by atoms with Gasteiger partial charge in [0.05, 0.1) is 12.0 Å². The molecular formula is C17H17N3O4S. The minimum absolute atomic E-state index is 0.363. The summed E-state index contributed by atoms with van der Waals surface area (Å²) in [5.41, 5.74) is 0.600. The Morgan fingerprint density at radius 1 is 1.08 bits per heavy atom. The molecule has 130 valence electrons. The van der Waals surface area contributed by atoms with Crippen molar-refractivity contribution in [1.82, 2.24) is 14.5 Å². The SMILES string of the molecule is OC[C@H]1O[C@@H](n2ccc3c(Sc4ccccc4)ncnc32)[C@H](O)[C@@H]1O. The van der Waals surface area contributed by atoms with Crippen LogP contribution >= 0.6 is 11.8 Å². The van der Waals surface area contributed by atoms with Crippen LogP contribution in [-0.2, 0) is 4.74 Å². The van der Waals surface area contributed by atoms with Gasteiger partial charge in [-0.2, -0.15) is 0 Å². The molecule has 3 N–H and O–H groups in total. The van der Waals surface area contributed by atoms with Gasteiger partial charge in [-0.25, -0.2) is 9.97 Å². The second-order valence-electron chi connectivity index (χ2n) is 5.78. The van der Waals surface area contributed by atoms with Crippen molar-refractivity contribution in [3.05, 3.63) is 48.9 Å². The fraction of sp³-hybridized carbons (Fsp3) is 0.294. The molecule has 8 heteroatoms. The molecule has 0 bridgehead atoms. The third-order valence-corrected chi connectivity index (χ3v) is 5.25. The summed E-state index contributed by atoms with van der Waals surface area (Å²) in [6.07, 6.45) is -0.716. The number of fused-ring (bicyclic) bond motifs is 1. The molecule has 0 saturated carbocycles. The van der Waals surface area contributed by atoms with Crippen LogP contribution in [-0.4, -0.2) is 54.8 Å². The van der Waals surface area contributed by atoms with Gasteiger partial charge in [0.2, 0.25) is 0 Å². The zero-order chi connectivity index (χ0) is 17.4. The molecule has 0 radical (unpaired) electrons. The first kappa shape index (κ1) is 16.5. The lowest BCUT2D eigenvalue weighted by molar-refractivity contribution is -0.0508. The monoisotopic (exact) mass is 359 g/mol. The zero-order valence-corrected chi connectivity index (χ0v) is 14.0. The van der Waals surface area contributed by atoms with E-state index in [0.717, 1.165) is 15.3 Å². The molecule has 1 aliphatic rings. The van der Waals surface area contributed by atoms with Gasteiger partial charge < -0.3 is 24.6 Å². The number of rotatable bonds is 4. The van der Waals surface area contributed by atoms with Crippen molar-refractivity contribution in [2.24, 2.45) is 0 Å². The van der Waals surface area contributed by atoms with Gasteiger partial charge in [0, 0.05) is 11.1 Å². The van der Waals surface area contributed by atoms with Crippen LogP contribution in [0.1, 0.15) is 6.23 Å². The lowest BCUT2D eigenvalue weighted by Gasteiger charge is -2.17. The average Bonchev–Trinajstić information content (AvgIpc) is 3.18. The molecule has 4 atom stereocenters. The number of aliphatic hydroxyl groups is 3. The maximum Gasteiger partial charge on any atom is 0.164 e. The molecule has 0 spiro atoms. The van der Waals surface area contributed by atoms with E-state index < -0.39 is 24.5 Å². The molecule has 0 amide bonds. The van der Waals surface area contributed by atoms with Gasteiger partial charge in [-0.3, -0.25) is 0 Å². The van der Waals surface area contributed by atoms with Crippen molar-refractivity contribution in [3.8, 4) is 0 Å². The van der Waals surface area contributed by atoms with Crippen molar-refractivity contribution >= 4 is 22.8 Å². The zero-order valence-electron chi connectivity index (χ0n) is 13.1. The highest BCUT2D eigenvalue weighted by Crippen LogP contribution is 2.35. The Kier molecular flexibility index (Phi) is 4.45. The van der Waals surface area contributed by atoms with E-state index in [4.69, 9.17) is 4.74 Å². The molecule has 1 saturated heterocycles. The van der Waals surface area contributed by atoms with E-state index in [2.05, 4.69) is 9.97 Å². The molecule has 0 unspecified atom stereocenters. The summed E-state index contributed by atoms with van der Waals surface area (Å²) in [5, 5.41) is 31.1. The third-order valence-electron chi connectivity index (χ3n) is 4.22. The Hall–Kier alpha value is -1.97. The summed E-state index contributed by atoms with van der Waals surface area (Å²) >= 11 is 1.52. The molecule has 4 rings (SSSR count).